The quantitative estimate of drug-likeness (QED) is 0.663. The maximum absolute atomic E-state index is 12.6. The van der Waals surface area contributed by atoms with Crippen LogP contribution in [0.3, 0.4) is 0 Å². The molecule has 2 nitrogen and oxygen atoms in total. The lowest BCUT2D eigenvalue weighted by atomic mass is 10.0. The Balaban J connectivity index is 2.12. The molecule has 4 heteroatoms. The summed E-state index contributed by atoms with van der Waals surface area (Å²) >= 11 is 12.0. The van der Waals surface area contributed by atoms with E-state index in [0.717, 1.165) is 16.5 Å². The predicted molar refractivity (Wildman–Crippen MR) is 82.9 cm³/mol. The van der Waals surface area contributed by atoms with Crippen LogP contribution in [-0.4, -0.2) is 10.8 Å². The topological polar surface area (TPSA) is 32.9 Å². The first-order valence-corrected chi connectivity index (χ1v) is 6.89. The molecule has 0 aliphatic rings. The van der Waals surface area contributed by atoms with E-state index in [1.54, 1.807) is 24.4 Å². The highest BCUT2D eigenvalue weighted by atomic mass is 35.5. The zero-order valence-electron chi connectivity index (χ0n) is 10.7. The Morgan fingerprint density at radius 1 is 1.05 bits per heavy atom. The Morgan fingerprint density at radius 2 is 1.85 bits per heavy atom. The monoisotopic (exact) mass is 303 g/mol. The van der Waals surface area contributed by atoms with E-state index >= 15 is 0 Å². The van der Waals surface area contributed by atoms with Gasteiger partial charge in [0.25, 0.3) is 0 Å². The molecule has 0 radical (unpaired) electrons. The second kappa shape index (κ2) is 4.97. The molecule has 0 saturated heterocycles. The van der Waals surface area contributed by atoms with Gasteiger partial charge in [0, 0.05) is 38.3 Å². The number of hydrogen-bond donors (Lipinski definition) is 1. The summed E-state index contributed by atoms with van der Waals surface area (Å²) in [6.07, 6.45) is 1.71. The third-order valence-corrected chi connectivity index (χ3v) is 3.65. The van der Waals surface area contributed by atoms with Gasteiger partial charge in [0.05, 0.1) is 0 Å². The first-order valence-electron chi connectivity index (χ1n) is 6.13. The molecule has 0 aliphatic carbocycles. The molecule has 0 bridgehead atoms. The lowest BCUT2D eigenvalue weighted by Gasteiger charge is -2.03. The molecule has 0 spiro atoms. The van der Waals surface area contributed by atoms with E-state index in [4.69, 9.17) is 23.2 Å². The fraction of sp³-hybridized carbons (Fsp3) is 0.0625. The molecular formula is C16H11Cl2NO. The summed E-state index contributed by atoms with van der Waals surface area (Å²) in [6.45, 7) is 1.91. The Labute approximate surface area is 126 Å². The van der Waals surface area contributed by atoms with Crippen molar-refractivity contribution in [3.63, 3.8) is 0 Å². The van der Waals surface area contributed by atoms with Crippen LogP contribution < -0.4 is 0 Å². The number of carbonyl (C=O) groups is 1. The minimum absolute atomic E-state index is 0.0517. The summed E-state index contributed by atoms with van der Waals surface area (Å²) in [5, 5.41) is 2.06. The third kappa shape index (κ3) is 2.33. The van der Waals surface area contributed by atoms with Crippen LogP contribution in [0.1, 0.15) is 21.5 Å². The van der Waals surface area contributed by atoms with Gasteiger partial charge in [-0.05, 0) is 42.8 Å². The summed E-state index contributed by atoms with van der Waals surface area (Å²) in [7, 11) is 0. The molecule has 0 amide bonds. The molecule has 20 heavy (non-hydrogen) atoms. The van der Waals surface area contributed by atoms with Crippen molar-refractivity contribution in [1.29, 1.82) is 0 Å². The van der Waals surface area contributed by atoms with Crippen molar-refractivity contribution in [2.24, 2.45) is 0 Å². The lowest BCUT2D eigenvalue weighted by Crippen LogP contribution is -2.00. The van der Waals surface area contributed by atoms with Gasteiger partial charge in [0.1, 0.15) is 0 Å². The highest BCUT2D eigenvalue weighted by molar-refractivity contribution is 6.32. The maximum Gasteiger partial charge on any atom is 0.195 e. The molecule has 0 unspecified atom stereocenters. The molecule has 2 aromatic carbocycles. The smallest absolute Gasteiger partial charge is 0.195 e. The number of nitrogens with one attached hydrogen (secondary N) is 1. The Morgan fingerprint density at radius 3 is 2.60 bits per heavy atom. The number of hydrogen-bond acceptors (Lipinski definition) is 1. The van der Waals surface area contributed by atoms with Gasteiger partial charge in [-0.15, -0.1) is 0 Å². The fourth-order valence-corrected chi connectivity index (χ4v) is 2.77. The normalized spacial score (nSPS) is 10.9. The third-order valence-electron chi connectivity index (χ3n) is 3.19. The van der Waals surface area contributed by atoms with Crippen LogP contribution in [0.15, 0.2) is 42.6 Å². The van der Waals surface area contributed by atoms with Crippen molar-refractivity contribution in [2.45, 2.75) is 6.92 Å². The molecule has 0 aliphatic heterocycles. The Hall–Kier alpha value is -1.77. The number of aromatic nitrogens is 1. The molecule has 1 heterocycles. The minimum atomic E-state index is -0.0517. The van der Waals surface area contributed by atoms with Gasteiger partial charge in [0.2, 0.25) is 0 Å². The fourth-order valence-electron chi connectivity index (χ4n) is 2.31. The summed E-state index contributed by atoms with van der Waals surface area (Å²) in [4.78, 5) is 15.7. The molecule has 3 aromatic rings. The number of aromatic amines is 1. The number of aryl methyl sites for hydroxylation is 1. The van der Waals surface area contributed by atoms with Crippen LogP contribution in [0.2, 0.25) is 10.0 Å². The first-order chi connectivity index (χ1) is 9.54. The van der Waals surface area contributed by atoms with Crippen LogP contribution in [-0.2, 0) is 0 Å². The first kappa shape index (κ1) is 13.2. The van der Waals surface area contributed by atoms with Crippen molar-refractivity contribution < 1.29 is 4.79 Å². The van der Waals surface area contributed by atoms with Gasteiger partial charge in [0.15, 0.2) is 5.78 Å². The van der Waals surface area contributed by atoms with E-state index in [2.05, 4.69) is 4.98 Å². The molecule has 1 N–H and O–H groups in total. The largest absolute Gasteiger partial charge is 0.360 e. The molecule has 100 valence electrons. The van der Waals surface area contributed by atoms with Crippen LogP contribution in [0.5, 0.6) is 0 Å². The van der Waals surface area contributed by atoms with E-state index in [9.17, 15) is 4.79 Å². The van der Waals surface area contributed by atoms with Crippen molar-refractivity contribution >= 4 is 39.9 Å². The van der Waals surface area contributed by atoms with Gasteiger partial charge >= 0.3 is 0 Å². The van der Waals surface area contributed by atoms with E-state index in [-0.39, 0.29) is 5.78 Å². The molecule has 0 fully saturated rings. The van der Waals surface area contributed by atoms with E-state index in [1.807, 2.05) is 25.1 Å². The van der Waals surface area contributed by atoms with Gasteiger partial charge in [-0.25, -0.2) is 0 Å². The predicted octanol–water partition coefficient (Wildman–Crippen LogP) is 5.01. The number of fused-ring (bicyclic) bond motifs is 1. The van der Waals surface area contributed by atoms with Gasteiger partial charge in [-0.1, -0.05) is 29.3 Å². The van der Waals surface area contributed by atoms with Gasteiger partial charge in [-0.3, -0.25) is 4.79 Å². The Kier molecular flexibility index (Phi) is 3.28. The molecular weight excluding hydrogens is 293 g/mol. The number of halogens is 2. The number of rotatable bonds is 2. The Bertz CT molecular complexity index is 800. The van der Waals surface area contributed by atoms with Crippen molar-refractivity contribution in [3.8, 4) is 0 Å². The van der Waals surface area contributed by atoms with Gasteiger partial charge < -0.3 is 4.98 Å². The van der Waals surface area contributed by atoms with Gasteiger partial charge in [-0.2, -0.15) is 0 Å². The number of benzene rings is 2. The standard InChI is InChI=1S/C16H11Cl2NO/c1-9-4-10(6-12(18)5-9)16(20)14-8-19-15-7-11(17)2-3-13(14)15/h2-8,19H,1H3. The summed E-state index contributed by atoms with van der Waals surface area (Å²) in [5.41, 5.74) is 3.02. The second-order valence-corrected chi connectivity index (χ2v) is 5.61. The summed E-state index contributed by atoms with van der Waals surface area (Å²) in [6, 6.07) is 10.8. The average Bonchev–Trinajstić information content (AvgIpc) is 2.79. The van der Waals surface area contributed by atoms with Crippen molar-refractivity contribution in [1.82, 2.24) is 4.98 Å². The van der Waals surface area contributed by atoms with E-state index in [1.165, 1.54) is 0 Å². The van der Waals surface area contributed by atoms with Crippen LogP contribution >= 0.6 is 23.2 Å². The lowest BCUT2D eigenvalue weighted by molar-refractivity contribution is 0.104. The zero-order chi connectivity index (χ0) is 14.3. The molecule has 1 aromatic heterocycles. The van der Waals surface area contributed by atoms with Crippen LogP contribution in [0, 0.1) is 6.92 Å². The number of H-pyrrole nitrogens is 1. The minimum Gasteiger partial charge on any atom is -0.360 e. The second-order valence-electron chi connectivity index (χ2n) is 4.74. The summed E-state index contributed by atoms with van der Waals surface area (Å²) in [5.74, 6) is -0.0517. The van der Waals surface area contributed by atoms with E-state index in [0.29, 0.717) is 21.2 Å². The van der Waals surface area contributed by atoms with E-state index < -0.39 is 0 Å². The average molecular weight is 304 g/mol. The molecule has 0 saturated carbocycles. The van der Waals surface area contributed by atoms with Crippen LogP contribution in [0.4, 0.5) is 0 Å². The highest BCUT2D eigenvalue weighted by Crippen LogP contribution is 2.25. The number of carbonyl (C=O) groups excluding carboxylic acids is 1. The zero-order valence-corrected chi connectivity index (χ0v) is 12.2. The summed E-state index contributed by atoms with van der Waals surface area (Å²) < 4.78 is 0. The highest BCUT2D eigenvalue weighted by Gasteiger charge is 2.15. The number of ketones is 1. The van der Waals surface area contributed by atoms with Crippen LogP contribution in [0.25, 0.3) is 10.9 Å². The molecule has 0 atom stereocenters. The maximum atomic E-state index is 12.6. The molecule has 3 rings (SSSR count). The van der Waals surface area contributed by atoms with Crippen molar-refractivity contribution in [2.75, 3.05) is 0 Å². The SMILES string of the molecule is Cc1cc(Cl)cc(C(=O)c2c[nH]c3cc(Cl)ccc23)c1. The van der Waals surface area contributed by atoms with Crippen molar-refractivity contribution in [3.05, 3.63) is 69.3 Å².